The first kappa shape index (κ1) is 12.8. The van der Waals surface area contributed by atoms with E-state index in [1.165, 1.54) is 10.9 Å². The Hall–Kier alpha value is -2.26. The largest absolute Gasteiger partial charge is 0.308 e. The van der Waals surface area contributed by atoms with Gasteiger partial charge < -0.3 is 5.32 Å². The van der Waals surface area contributed by atoms with E-state index in [0.717, 1.165) is 16.8 Å². The van der Waals surface area contributed by atoms with Gasteiger partial charge in [-0.2, -0.15) is 0 Å². The molecule has 0 fully saturated rings. The van der Waals surface area contributed by atoms with Gasteiger partial charge in [-0.1, -0.05) is 24.3 Å². The first-order valence-electron chi connectivity index (χ1n) is 6.73. The molecule has 0 spiro atoms. The summed E-state index contributed by atoms with van der Waals surface area (Å²) in [6.07, 6.45) is 3.75. The van der Waals surface area contributed by atoms with Gasteiger partial charge in [-0.15, -0.1) is 0 Å². The molecule has 0 aliphatic heterocycles. The number of nitrogens with zero attached hydrogens (tertiary/aromatic N) is 2. The first-order valence-corrected chi connectivity index (χ1v) is 6.73. The van der Waals surface area contributed by atoms with E-state index < -0.39 is 0 Å². The average Bonchev–Trinajstić information content (AvgIpc) is 2.48. The number of hydrogen-bond acceptors (Lipinski definition) is 3. The fourth-order valence-corrected chi connectivity index (χ4v) is 2.58. The fraction of sp³-hybridized carbons (Fsp3) is 0.176. The number of aryl methyl sites for hydroxylation is 1. The summed E-state index contributed by atoms with van der Waals surface area (Å²) in [5, 5.41) is 5.73. The van der Waals surface area contributed by atoms with Crippen molar-refractivity contribution in [3.8, 4) is 0 Å². The molecule has 0 saturated heterocycles. The minimum absolute atomic E-state index is 0.0720. The van der Waals surface area contributed by atoms with Crippen molar-refractivity contribution in [3.63, 3.8) is 0 Å². The van der Waals surface area contributed by atoms with E-state index in [1.54, 1.807) is 0 Å². The molecule has 3 aromatic rings. The third-order valence-electron chi connectivity index (χ3n) is 3.52. The minimum Gasteiger partial charge on any atom is -0.308 e. The molecule has 1 atom stereocenters. The predicted octanol–water partition coefficient (Wildman–Crippen LogP) is 3.25. The monoisotopic (exact) mass is 263 g/mol. The number of nitrogens with one attached hydrogen (secondary N) is 1. The van der Waals surface area contributed by atoms with Crippen LogP contribution < -0.4 is 5.32 Å². The van der Waals surface area contributed by atoms with Gasteiger partial charge in [0.25, 0.3) is 0 Å². The van der Waals surface area contributed by atoms with Crippen LogP contribution in [0.2, 0.25) is 0 Å². The normalized spacial score (nSPS) is 12.5. The highest BCUT2D eigenvalue weighted by Gasteiger charge is 2.16. The molecule has 2 aromatic heterocycles. The molecule has 3 rings (SSSR count). The van der Waals surface area contributed by atoms with E-state index in [-0.39, 0.29) is 6.04 Å². The van der Waals surface area contributed by atoms with Gasteiger partial charge in [0.05, 0.1) is 11.7 Å². The maximum Gasteiger partial charge on any atom is 0.0755 e. The summed E-state index contributed by atoms with van der Waals surface area (Å²) >= 11 is 0. The molecule has 0 aliphatic rings. The second kappa shape index (κ2) is 5.39. The highest BCUT2D eigenvalue weighted by molar-refractivity contribution is 5.85. The summed E-state index contributed by atoms with van der Waals surface area (Å²) in [5.41, 5.74) is 3.26. The first-order chi connectivity index (χ1) is 9.79. The molecule has 0 bridgehead atoms. The number of fused-ring (bicyclic) bond motifs is 1. The Morgan fingerprint density at radius 3 is 2.70 bits per heavy atom. The van der Waals surface area contributed by atoms with Crippen LogP contribution in [0.3, 0.4) is 0 Å². The number of benzene rings is 1. The summed E-state index contributed by atoms with van der Waals surface area (Å²) in [6, 6.07) is 14.6. The molecule has 1 unspecified atom stereocenters. The lowest BCUT2D eigenvalue weighted by atomic mass is 9.97. The number of aromatic nitrogens is 2. The molecule has 1 aromatic carbocycles. The van der Waals surface area contributed by atoms with E-state index >= 15 is 0 Å². The summed E-state index contributed by atoms with van der Waals surface area (Å²) < 4.78 is 0. The summed E-state index contributed by atoms with van der Waals surface area (Å²) in [6.45, 7) is 2.01. The zero-order valence-corrected chi connectivity index (χ0v) is 11.7. The molecular weight excluding hydrogens is 246 g/mol. The van der Waals surface area contributed by atoms with Crippen molar-refractivity contribution in [1.82, 2.24) is 15.3 Å². The van der Waals surface area contributed by atoms with Gasteiger partial charge >= 0.3 is 0 Å². The standard InChI is InChI=1S/C17H17N3/c1-12-5-3-8-16(20-12)17(18-2)14-7-4-6-13-9-10-19-11-15(13)14/h3-11,17-18H,1-2H3. The van der Waals surface area contributed by atoms with E-state index in [4.69, 9.17) is 0 Å². The second-order valence-corrected chi connectivity index (χ2v) is 4.87. The second-order valence-electron chi connectivity index (χ2n) is 4.87. The Morgan fingerprint density at radius 1 is 1.05 bits per heavy atom. The van der Waals surface area contributed by atoms with Crippen molar-refractivity contribution >= 4 is 10.8 Å². The Morgan fingerprint density at radius 2 is 1.90 bits per heavy atom. The SMILES string of the molecule is CNC(c1cccc(C)n1)c1cccc2ccncc12. The molecule has 3 nitrogen and oxygen atoms in total. The van der Waals surface area contributed by atoms with Gasteiger partial charge in [0, 0.05) is 23.5 Å². The lowest BCUT2D eigenvalue weighted by Crippen LogP contribution is -2.19. The Bertz CT molecular complexity index is 732. The number of hydrogen-bond donors (Lipinski definition) is 1. The molecule has 0 amide bonds. The van der Waals surface area contributed by atoms with Crippen molar-refractivity contribution in [3.05, 3.63) is 71.8 Å². The van der Waals surface area contributed by atoms with E-state index in [9.17, 15) is 0 Å². The van der Waals surface area contributed by atoms with Crippen LogP contribution in [0.1, 0.15) is 23.0 Å². The van der Waals surface area contributed by atoms with E-state index in [2.05, 4.69) is 39.6 Å². The number of pyridine rings is 2. The van der Waals surface area contributed by atoms with Crippen LogP contribution in [-0.2, 0) is 0 Å². The Balaban J connectivity index is 2.17. The third-order valence-corrected chi connectivity index (χ3v) is 3.52. The zero-order valence-electron chi connectivity index (χ0n) is 11.7. The van der Waals surface area contributed by atoms with Crippen molar-refractivity contribution < 1.29 is 0 Å². The maximum atomic E-state index is 4.64. The minimum atomic E-state index is 0.0720. The van der Waals surface area contributed by atoms with Crippen LogP contribution in [0.15, 0.2) is 54.9 Å². The summed E-state index contributed by atoms with van der Waals surface area (Å²) in [4.78, 5) is 8.90. The van der Waals surface area contributed by atoms with Crippen LogP contribution >= 0.6 is 0 Å². The van der Waals surface area contributed by atoms with Crippen molar-refractivity contribution in [2.45, 2.75) is 13.0 Å². The van der Waals surface area contributed by atoms with Crippen molar-refractivity contribution in [1.29, 1.82) is 0 Å². The molecule has 2 heterocycles. The topological polar surface area (TPSA) is 37.8 Å². The molecule has 1 N–H and O–H groups in total. The molecule has 3 heteroatoms. The Kier molecular flexibility index (Phi) is 3.44. The van der Waals surface area contributed by atoms with Gasteiger partial charge in [-0.05, 0) is 43.1 Å². The van der Waals surface area contributed by atoms with Crippen LogP contribution in [0.25, 0.3) is 10.8 Å². The van der Waals surface area contributed by atoms with Gasteiger partial charge in [-0.3, -0.25) is 9.97 Å². The zero-order chi connectivity index (χ0) is 13.9. The van der Waals surface area contributed by atoms with Gasteiger partial charge in [0.1, 0.15) is 0 Å². The quantitative estimate of drug-likeness (QED) is 0.788. The molecule has 20 heavy (non-hydrogen) atoms. The number of rotatable bonds is 3. The molecule has 100 valence electrons. The highest BCUT2D eigenvalue weighted by Crippen LogP contribution is 2.27. The lowest BCUT2D eigenvalue weighted by molar-refractivity contribution is 0.673. The smallest absolute Gasteiger partial charge is 0.0755 e. The van der Waals surface area contributed by atoms with Crippen LogP contribution in [0.5, 0.6) is 0 Å². The molecule has 0 aliphatic carbocycles. The highest BCUT2D eigenvalue weighted by atomic mass is 14.9. The average molecular weight is 263 g/mol. The summed E-state index contributed by atoms with van der Waals surface area (Å²) in [5.74, 6) is 0. The lowest BCUT2D eigenvalue weighted by Gasteiger charge is -2.18. The predicted molar refractivity (Wildman–Crippen MR) is 81.6 cm³/mol. The van der Waals surface area contributed by atoms with E-state index in [0.29, 0.717) is 0 Å². The van der Waals surface area contributed by atoms with Gasteiger partial charge in [0.2, 0.25) is 0 Å². The van der Waals surface area contributed by atoms with Crippen LogP contribution in [0.4, 0.5) is 0 Å². The van der Waals surface area contributed by atoms with Gasteiger partial charge in [0.15, 0.2) is 0 Å². The fourth-order valence-electron chi connectivity index (χ4n) is 2.58. The van der Waals surface area contributed by atoms with Crippen LogP contribution in [-0.4, -0.2) is 17.0 Å². The third kappa shape index (κ3) is 2.28. The molecular formula is C17H17N3. The Labute approximate surface area is 118 Å². The van der Waals surface area contributed by atoms with Crippen molar-refractivity contribution in [2.75, 3.05) is 7.05 Å². The van der Waals surface area contributed by atoms with E-state index in [1.807, 2.05) is 44.6 Å². The van der Waals surface area contributed by atoms with Crippen molar-refractivity contribution in [2.24, 2.45) is 0 Å². The van der Waals surface area contributed by atoms with Crippen LogP contribution in [0, 0.1) is 6.92 Å². The summed E-state index contributed by atoms with van der Waals surface area (Å²) in [7, 11) is 1.96. The molecule has 0 radical (unpaired) electrons. The maximum absolute atomic E-state index is 4.64. The van der Waals surface area contributed by atoms with Gasteiger partial charge in [-0.25, -0.2) is 0 Å². The molecule has 0 saturated carbocycles.